The van der Waals surface area contributed by atoms with Crippen molar-refractivity contribution in [3.63, 3.8) is 0 Å². The summed E-state index contributed by atoms with van der Waals surface area (Å²) in [5.74, 6) is 2.22. The molecule has 0 amide bonds. The van der Waals surface area contributed by atoms with Crippen LogP contribution in [0.25, 0.3) is 5.69 Å². The highest BCUT2D eigenvalue weighted by atomic mass is 35.5. The summed E-state index contributed by atoms with van der Waals surface area (Å²) in [6.07, 6.45) is 0.988. The summed E-state index contributed by atoms with van der Waals surface area (Å²) in [5.41, 5.74) is 8.23. The normalized spacial score (nSPS) is 15.5. The van der Waals surface area contributed by atoms with Gasteiger partial charge in [-0.05, 0) is 73.0 Å². The predicted octanol–water partition coefficient (Wildman–Crippen LogP) is 8.19. The fourth-order valence-corrected chi connectivity index (χ4v) is 5.59. The maximum atomic E-state index is 6.18. The van der Waals surface area contributed by atoms with Crippen molar-refractivity contribution in [1.82, 2.24) is 9.78 Å². The zero-order chi connectivity index (χ0) is 27.2. The van der Waals surface area contributed by atoms with E-state index >= 15 is 0 Å². The largest absolute Gasteiger partial charge is 0.337 e. The van der Waals surface area contributed by atoms with Gasteiger partial charge in [0.1, 0.15) is 0 Å². The molecule has 2 aliphatic rings. The SMILES string of the molecule is CCc1ccc(C2c3c(C)nn(-c4ccccc4)c3N=C3C(Nc4ccc(Cl)cc4)=Nc4ccccc4N32)cc1. The van der Waals surface area contributed by atoms with Gasteiger partial charge >= 0.3 is 0 Å². The summed E-state index contributed by atoms with van der Waals surface area (Å²) in [6, 6.07) is 34.8. The van der Waals surface area contributed by atoms with Crippen LogP contribution < -0.4 is 10.2 Å². The van der Waals surface area contributed by atoms with Crippen LogP contribution in [0.3, 0.4) is 0 Å². The van der Waals surface area contributed by atoms with Crippen LogP contribution in [0.1, 0.15) is 35.3 Å². The molecule has 1 unspecified atom stereocenters. The number of rotatable bonds is 4. The smallest absolute Gasteiger partial charge is 0.179 e. The molecular formula is C33H27ClN6. The molecule has 7 rings (SSSR count). The third kappa shape index (κ3) is 4.08. The molecule has 0 saturated carbocycles. The van der Waals surface area contributed by atoms with Crippen molar-refractivity contribution in [2.75, 3.05) is 10.2 Å². The molecule has 6 nitrogen and oxygen atoms in total. The Bertz CT molecular complexity index is 1770. The number of aliphatic imine (C=N–C) groups is 2. The molecule has 1 atom stereocenters. The van der Waals surface area contributed by atoms with Crippen molar-refractivity contribution >= 4 is 46.2 Å². The lowest BCUT2D eigenvalue weighted by atomic mass is 9.92. The number of benzene rings is 4. The van der Waals surface area contributed by atoms with Gasteiger partial charge in [0.2, 0.25) is 0 Å². The lowest BCUT2D eigenvalue weighted by Crippen LogP contribution is -2.46. The quantitative estimate of drug-likeness (QED) is 0.249. The number of para-hydroxylation sites is 3. The van der Waals surface area contributed by atoms with Crippen LogP contribution in [-0.4, -0.2) is 21.5 Å². The first-order valence-corrected chi connectivity index (χ1v) is 13.8. The minimum atomic E-state index is -0.149. The zero-order valence-electron chi connectivity index (χ0n) is 22.2. The van der Waals surface area contributed by atoms with Gasteiger partial charge < -0.3 is 10.2 Å². The van der Waals surface area contributed by atoms with E-state index in [1.807, 2.05) is 59.3 Å². The number of hydrogen-bond donors (Lipinski definition) is 1. The van der Waals surface area contributed by atoms with E-state index < -0.39 is 0 Å². The molecule has 7 heteroatoms. The van der Waals surface area contributed by atoms with Crippen LogP contribution in [0.15, 0.2) is 113 Å². The molecule has 1 aromatic heterocycles. The highest BCUT2D eigenvalue weighted by Crippen LogP contribution is 2.48. The fraction of sp³-hybridized carbons (Fsp3) is 0.121. The van der Waals surface area contributed by atoms with Gasteiger partial charge in [0.15, 0.2) is 17.5 Å². The van der Waals surface area contributed by atoms with E-state index in [0.717, 1.165) is 52.1 Å². The van der Waals surface area contributed by atoms with E-state index in [1.165, 1.54) is 11.1 Å². The molecule has 2 aliphatic heterocycles. The highest BCUT2D eigenvalue weighted by molar-refractivity contribution is 6.51. The second-order valence-corrected chi connectivity index (χ2v) is 10.4. The third-order valence-electron chi connectivity index (χ3n) is 7.45. The number of nitrogens with one attached hydrogen (secondary N) is 1. The minimum Gasteiger partial charge on any atom is -0.337 e. The fourth-order valence-electron chi connectivity index (χ4n) is 5.47. The van der Waals surface area contributed by atoms with Crippen molar-refractivity contribution in [3.05, 3.63) is 131 Å². The van der Waals surface area contributed by atoms with Crippen molar-refractivity contribution in [1.29, 1.82) is 0 Å². The van der Waals surface area contributed by atoms with Crippen molar-refractivity contribution in [3.8, 4) is 5.69 Å². The standard InChI is InChI=1S/C33H27ClN6/c1-3-22-13-15-23(16-14-22)30-29-21(2)38-40(26-9-5-4-6-10-26)32(29)37-33-31(35-25-19-17-24(34)18-20-25)36-27-11-7-8-12-28(27)39(30)33/h4-20,30H,3H2,1-2H3,(H,35,36). The Morgan fingerprint density at radius 3 is 2.30 bits per heavy atom. The molecule has 0 bridgehead atoms. The predicted molar refractivity (Wildman–Crippen MR) is 164 cm³/mol. The van der Waals surface area contributed by atoms with Gasteiger partial charge in [-0.2, -0.15) is 5.10 Å². The Morgan fingerprint density at radius 1 is 0.825 bits per heavy atom. The van der Waals surface area contributed by atoms with Gasteiger partial charge in [0.05, 0.1) is 28.8 Å². The second-order valence-electron chi connectivity index (χ2n) is 9.95. The van der Waals surface area contributed by atoms with Crippen LogP contribution in [0, 0.1) is 6.92 Å². The Morgan fingerprint density at radius 2 is 1.55 bits per heavy atom. The molecule has 0 spiro atoms. The average Bonchev–Trinajstić information content (AvgIpc) is 3.33. The van der Waals surface area contributed by atoms with Gasteiger partial charge in [0, 0.05) is 16.3 Å². The Balaban J connectivity index is 1.48. The van der Waals surface area contributed by atoms with Crippen molar-refractivity contribution in [2.24, 2.45) is 9.98 Å². The molecule has 0 aliphatic carbocycles. The lowest BCUT2D eigenvalue weighted by Gasteiger charge is -2.40. The van der Waals surface area contributed by atoms with Gasteiger partial charge in [0.25, 0.3) is 0 Å². The van der Waals surface area contributed by atoms with E-state index in [-0.39, 0.29) is 6.04 Å². The second kappa shape index (κ2) is 9.81. The minimum absolute atomic E-state index is 0.149. The Hall–Kier alpha value is -4.68. The molecule has 5 aromatic rings. The first-order chi connectivity index (χ1) is 19.6. The lowest BCUT2D eigenvalue weighted by molar-refractivity contribution is 0.814. The van der Waals surface area contributed by atoms with Crippen molar-refractivity contribution < 1.29 is 0 Å². The average molecular weight is 543 g/mol. The van der Waals surface area contributed by atoms with E-state index in [9.17, 15) is 0 Å². The number of halogens is 1. The first kappa shape index (κ1) is 24.4. The number of aryl methyl sites for hydroxylation is 2. The number of anilines is 2. The summed E-state index contributed by atoms with van der Waals surface area (Å²) in [7, 11) is 0. The molecule has 3 heterocycles. The van der Waals surface area contributed by atoms with Gasteiger partial charge in [-0.1, -0.05) is 73.1 Å². The summed E-state index contributed by atoms with van der Waals surface area (Å²) < 4.78 is 1.95. The summed E-state index contributed by atoms with van der Waals surface area (Å²) in [4.78, 5) is 12.6. The van der Waals surface area contributed by atoms with E-state index in [0.29, 0.717) is 10.9 Å². The van der Waals surface area contributed by atoms with Gasteiger partial charge in [-0.3, -0.25) is 0 Å². The molecule has 0 radical (unpaired) electrons. The van der Waals surface area contributed by atoms with E-state index in [4.69, 9.17) is 26.7 Å². The number of nitrogens with zero attached hydrogens (tertiary/aromatic N) is 5. The summed E-state index contributed by atoms with van der Waals surface area (Å²) in [5, 5.41) is 9.22. The number of aromatic nitrogens is 2. The van der Waals surface area contributed by atoms with Gasteiger partial charge in [-0.25, -0.2) is 14.7 Å². The van der Waals surface area contributed by atoms with Crippen LogP contribution in [0.4, 0.5) is 22.9 Å². The first-order valence-electron chi connectivity index (χ1n) is 13.4. The highest BCUT2D eigenvalue weighted by Gasteiger charge is 2.41. The molecular weight excluding hydrogens is 516 g/mol. The number of fused-ring (bicyclic) bond motifs is 4. The third-order valence-corrected chi connectivity index (χ3v) is 7.70. The molecule has 196 valence electrons. The van der Waals surface area contributed by atoms with Crippen LogP contribution in [0.5, 0.6) is 0 Å². The molecule has 1 N–H and O–H groups in total. The summed E-state index contributed by atoms with van der Waals surface area (Å²) in [6.45, 7) is 4.25. The van der Waals surface area contributed by atoms with Crippen LogP contribution in [-0.2, 0) is 6.42 Å². The van der Waals surface area contributed by atoms with E-state index in [1.54, 1.807) is 0 Å². The Kier molecular flexibility index (Phi) is 5.98. The zero-order valence-corrected chi connectivity index (χ0v) is 23.0. The maximum absolute atomic E-state index is 6.18. The monoisotopic (exact) mass is 542 g/mol. The number of amidine groups is 2. The maximum Gasteiger partial charge on any atom is 0.179 e. The molecule has 4 aromatic carbocycles. The number of hydrogen-bond acceptors (Lipinski definition) is 5. The molecule has 0 saturated heterocycles. The van der Waals surface area contributed by atoms with Gasteiger partial charge in [-0.15, -0.1) is 0 Å². The van der Waals surface area contributed by atoms with Crippen LogP contribution in [0.2, 0.25) is 5.02 Å². The Labute approximate surface area is 238 Å². The van der Waals surface area contributed by atoms with E-state index in [2.05, 4.69) is 72.6 Å². The van der Waals surface area contributed by atoms with Crippen LogP contribution >= 0.6 is 11.6 Å². The molecule has 0 fully saturated rings. The summed E-state index contributed by atoms with van der Waals surface area (Å²) >= 11 is 6.18. The molecule has 40 heavy (non-hydrogen) atoms. The topological polar surface area (TPSA) is 57.8 Å². The van der Waals surface area contributed by atoms with Crippen molar-refractivity contribution in [2.45, 2.75) is 26.3 Å².